The van der Waals surface area contributed by atoms with Gasteiger partial charge in [0.1, 0.15) is 5.92 Å². The molecule has 0 saturated heterocycles. The number of carbonyl (C=O) groups is 3. The van der Waals surface area contributed by atoms with E-state index in [0.717, 1.165) is 0 Å². The predicted octanol–water partition coefficient (Wildman–Crippen LogP) is 0.950. The van der Waals surface area contributed by atoms with Crippen LogP contribution in [0.1, 0.15) is 11.5 Å². The minimum Gasteiger partial charge on any atom is -0.481 e. The summed E-state index contributed by atoms with van der Waals surface area (Å²) in [5.41, 5.74) is -0.485. The topological polar surface area (TPSA) is 112 Å². The highest BCUT2D eigenvalue weighted by Gasteiger charge is 2.29. The van der Waals surface area contributed by atoms with Crippen molar-refractivity contribution in [2.75, 3.05) is 0 Å². The lowest BCUT2D eigenvalue weighted by Crippen LogP contribution is -2.20. The van der Waals surface area contributed by atoms with E-state index >= 15 is 0 Å². The van der Waals surface area contributed by atoms with Crippen molar-refractivity contribution < 1.29 is 29.7 Å². The molecule has 1 unspecified atom stereocenters. The first-order chi connectivity index (χ1) is 8.43. The molecule has 1 atom stereocenters. The zero-order chi connectivity index (χ0) is 13.7. The summed E-state index contributed by atoms with van der Waals surface area (Å²) in [7, 11) is 0. The summed E-state index contributed by atoms with van der Waals surface area (Å²) >= 11 is 0. The molecule has 0 spiro atoms. The Hall–Kier alpha value is -2.63. The molecular formula is C12H10O6. The molecule has 0 aromatic heterocycles. The second kappa shape index (κ2) is 5.62. The van der Waals surface area contributed by atoms with Crippen molar-refractivity contribution in [2.24, 2.45) is 0 Å². The summed E-state index contributed by atoms with van der Waals surface area (Å²) in [6, 6.07) is 7.59. The largest absolute Gasteiger partial charge is 0.481 e. The normalized spacial score (nSPS) is 12.8. The van der Waals surface area contributed by atoms with Crippen molar-refractivity contribution in [2.45, 2.75) is 5.92 Å². The Morgan fingerprint density at radius 1 is 1.00 bits per heavy atom. The highest BCUT2D eigenvalue weighted by Crippen LogP contribution is 2.24. The fourth-order valence-electron chi connectivity index (χ4n) is 1.50. The molecule has 1 rings (SSSR count). The molecule has 1 aromatic carbocycles. The molecule has 0 aliphatic rings. The zero-order valence-corrected chi connectivity index (χ0v) is 9.11. The Balaban J connectivity index is 3.31. The summed E-state index contributed by atoms with van der Waals surface area (Å²) in [4.78, 5) is 32.6. The van der Waals surface area contributed by atoms with Crippen LogP contribution in [0.5, 0.6) is 0 Å². The van der Waals surface area contributed by atoms with Crippen LogP contribution in [0.3, 0.4) is 0 Å². The van der Waals surface area contributed by atoms with Gasteiger partial charge < -0.3 is 15.3 Å². The van der Waals surface area contributed by atoms with Crippen LogP contribution in [0.4, 0.5) is 0 Å². The molecule has 3 N–H and O–H groups in total. The minimum atomic E-state index is -1.58. The number of rotatable bonds is 5. The Kier molecular flexibility index (Phi) is 4.20. The molecule has 6 heteroatoms. The number of carboxylic acids is 3. The first-order valence-corrected chi connectivity index (χ1v) is 4.89. The molecule has 0 heterocycles. The van der Waals surface area contributed by atoms with Crippen LogP contribution >= 0.6 is 0 Å². The van der Waals surface area contributed by atoms with Crippen LogP contribution in [0.25, 0.3) is 0 Å². The summed E-state index contributed by atoms with van der Waals surface area (Å²) in [6.07, 6.45) is 0.397. The van der Waals surface area contributed by atoms with Gasteiger partial charge in [0.05, 0.1) is 5.57 Å². The molecule has 0 saturated carbocycles. The Morgan fingerprint density at radius 2 is 1.56 bits per heavy atom. The van der Waals surface area contributed by atoms with E-state index in [1.165, 1.54) is 12.1 Å². The van der Waals surface area contributed by atoms with E-state index in [4.69, 9.17) is 15.3 Å². The monoisotopic (exact) mass is 250 g/mol. The van der Waals surface area contributed by atoms with E-state index < -0.39 is 29.4 Å². The van der Waals surface area contributed by atoms with Crippen LogP contribution in [-0.2, 0) is 14.4 Å². The third kappa shape index (κ3) is 3.18. The van der Waals surface area contributed by atoms with E-state index in [9.17, 15) is 14.4 Å². The lowest BCUT2D eigenvalue weighted by atomic mass is 9.91. The van der Waals surface area contributed by atoms with E-state index in [-0.39, 0.29) is 5.56 Å². The second-order valence-electron chi connectivity index (χ2n) is 3.43. The molecule has 0 aliphatic carbocycles. The van der Waals surface area contributed by atoms with Gasteiger partial charge in [0, 0.05) is 6.08 Å². The Labute approximate surface area is 102 Å². The minimum absolute atomic E-state index is 0.208. The van der Waals surface area contributed by atoms with Crippen LogP contribution in [0, 0.1) is 0 Å². The highest BCUT2D eigenvalue weighted by molar-refractivity contribution is 6.01. The summed E-state index contributed by atoms with van der Waals surface area (Å²) in [5.74, 6) is -6.01. The fourth-order valence-corrected chi connectivity index (χ4v) is 1.50. The quantitative estimate of drug-likeness (QED) is 0.671. The van der Waals surface area contributed by atoms with Gasteiger partial charge in [-0.2, -0.15) is 0 Å². The Morgan fingerprint density at radius 3 is 1.94 bits per heavy atom. The van der Waals surface area contributed by atoms with Gasteiger partial charge in [-0.1, -0.05) is 30.3 Å². The third-order valence-corrected chi connectivity index (χ3v) is 2.22. The number of benzene rings is 1. The van der Waals surface area contributed by atoms with Crippen LogP contribution in [0.2, 0.25) is 0 Å². The average molecular weight is 250 g/mol. The summed E-state index contributed by atoms with van der Waals surface area (Å²) in [5, 5.41) is 26.5. The zero-order valence-electron chi connectivity index (χ0n) is 9.11. The smallest absolute Gasteiger partial charge is 0.333 e. The van der Waals surface area contributed by atoms with Gasteiger partial charge in [0.25, 0.3) is 0 Å². The Bertz CT molecular complexity index is 503. The lowest BCUT2D eigenvalue weighted by molar-refractivity contribution is -0.141. The van der Waals surface area contributed by atoms with E-state index in [1.807, 2.05) is 0 Å². The molecule has 0 radical (unpaired) electrons. The molecule has 0 fully saturated rings. The van der Waals surface area contributed by atoms with Crippen molar-refractivity contribution in [1.82, 2.24) is 0 Å². The SMILES string of the molecule is O=C(O)/C=C(\C(=O)O)C(C(=O)O)c1ccccc1. The van der Waals surface area contributed by atoms with Crippen molar-refractivity contribution in [1.29, 1.82) is 0 Å². The molecular weight excluding hydrogens is 240 g/mol. The van der Waals surface area contributed by atoms with Gasteiger partial charge >= 0.3 is 17.9 Å². The fraction of sp³-hybridized carbons (Fsp3) is 0.0833. The van der Waals surface area contributed by atoms with E-state index in [1.54, 1.807) is 18.2 Å². The van der Waals surface area contributed by atoms with Gasteiger partial charge in [-0.05, 0) is 5.56 Å². The number of hydrogen-bond donors (Lipinski definition) is 3. The molecule has 0 bridgehead atoms. The second-order valence-corrected chi connectivity index (χ2v) is 3.43. The van der Waals surface area contributed by atoms with Crippen LogP contribution in [0.15, 0.2) is 42.0 Å². The van der Waals surface area contributed by atoms with Crippen molar-refractivity contribution in [3.8, 4) is 0 Å². The maximum Gasteiger partial charge on any atom is 0.333 e. The first-order valence-electron chi connectivity index (χ1n) is 4.89. The standard InChI is InChI=1S/C12H10O6/c13-9(14)6-8(11(15)16)10(12(17)18)7-4-2-1-3-5-7/h1-6,10H,(H,13,14)(H,15,16)(H,17,18)/b8-6-. The molecule has 0 aliphatic heterocycles. The van der Waals surface area contributed by atoms with Gasteiger partial charge in [-0.15, -0.1) is 0 Å². The number of aliphatic carboxylic acids is 3. The molecule has 18 heavy (non-hydrogen) atoms. The van der Waals surface area contributed by atoms with Gasteiger partial charge in [-0.3, -0.25) is 4.79 Å². The van der Waals surface area contributed by atoms with E-state index in [0.29, 0.717) is 6.08 Å². The van der Waals surface area contributed by atoms with Gasteiger partial charge in [0.15, 0.2) is 0 Å². The maximum absolute atomic E-state index is 11.1. The van der Waals surface area contributed by atoms with Gasteiger partial charge in [-0.25, -0.2) is 9.59 Å². The molecule has 0 amide bonds. The van der Waals surface area contributed by atoms with E-state index in [2.05, 4.69) is 0 Å². The highest BCUT2D eigenvalue weighted by atomic mass is 16.4. The predicted molar refractivity (Wildman–Crippen MR) is 60.2 cm³/mol. The van der Waals surface area contributed by atoms with Gasteiger partial charge in [0.2, 0.25) is 0 Å². The van der Waals surface area contributed by atoms with Crippen molar-refractivity contribution in [3.05, 3.63) is 47.5 Å². The van der Waals surface area contributed by atoms with Crippen molar-refractivity contribution >= 4 is 17.9 Å². The van der Waals surface area contributed by atoms with Crippen LogP contribution < -0.4 is 0 Å². The third-order valence-electron chi connectivity index (χ3n) is 2.22. The maximum atomic E-state index is 11.1. The first kappa shape index (κ1) is 13.4. The summed E-state index contributed by atoms with van der Waals surface area (Å²) < 4.78 is 0. The molecule has 1 aromatic rings. The number of hydrogen-bond acceptors (Lipinski definition) is 3. The van der Waals surface area contributed by atoms with Crippen molar-refractivity contribution in [3.63, 3.8) is 0 Å². The number of carboxylic acid groups (broad SMARTS) is 3. The average Bonchev–Trinajstić information content (AvgIpc) is 2.28. The summed E-state index contributed by atoms with van der Waals surface area (Å²) in [6.45, 7) is 0. The molecule has 6 nitrogen and oxygen atoms in total. The van der Waals surface area contributed by atoms with Crippen LogP contribution in [-0.4, -0.2) is 33.2 Å². The molecule has 94 valence electrons. The lowest BCUT2D eigenvalue weighted by Gasteiger charge is -2.13.